The molecule has 108 valence electrons. The molecule has 0 saturated carbocycles. The Morgan fingerprint density at radius 1 is 1.35 bits per heavy atom. The summed E-state index contributed by atoms with van der Waals surface area (Å²) in [5.41, 5.74) is 0.729. The fourth-order valence-electron chi connectivity index (χ4n) is 1.87. The summed E-state index contributed by atoms with van der Waals surface area (Å²) in [6, 6.07) is 8.20. The highest BCUT2D eigenvalue weighted by Crippen LogP contribution is 2.24. The molecule has 0 aliphatic heterocycles. The quantitative estimate of drug-likeness (QED) is 0.355. The van der Waals surface area contributed by atoms with Gasteiger partial charge in [0.2, 0.25) is 0 Å². The van der Waals surface area contributed by atoms with Gasteiger partial charge in [-0.05, 0) is 23.1 Å². The van der Waals surface area contributed by atoms with Crippen molar-refractivity contribution in [3.8, 4) is 0 Å². The number of nitrogens with zero attached hydrogens (tertiary/aromatic N) is 3. The van der Waals surface area contributed by atoms with Gasteiger partial charge in [-0.15, -0.1) is 4.68 Å². The lowest BCUT2D eigenvalue weighted by atomic mass is 10.2. The van der Waals surface area contributed by atoms with Crippen molar-refractivity contribution in [3.05, 3.63) is 34.4 Å². The Kier molecular flexibility index (Phi) is 4.19. The Morgan fingerprint density at radius 3 is 2.70 bits per heavy atom. The SMILES string of the molecule is C[Si](C)(C)CCOCn1nc([N+](=O)[O-])c2ccccc21. The smallest absolute Gasteiger partial charge is 0.358 e. The van der Waals surface area contributed by atoms with E-state index < -0.39 is 13.0 Å². The van der Waals surface area contributed by atoms with E-state index in [-0.39, 0.29) is 12.5 Å². The highest BCUT2D eigenvalue weighted by molar-refractivity contribution is 6.76. The summed E-state index contributed by atoms with van der Waals surface area (Å²) in [5.74, 6) is -0.116. The highest BCUT2D eigenvalue weighted by Gasteiger charge is 2.20. The monoisotopic (exact) mass is 293 g/mol. The van der Waals surface area contributed by atoms with Gasteiger partial charge in [0.25, 0.3) is 0 Å². The Bertz CT molecular complexity index is 619. The van der Waals surface area contributed by atoms with Crippen LogP contribution in [0.25, 0.3) is 10.9 Å². The third-order valence-electron chi connectivity index (χ3n) is 3.02. The van der Waals surface area contributed by atoms with E-state index in [2.05, 4.69) is 24.7 Å². The molecule has 0 aliphatic carbocycles. The predicted octanol–water partition coefficient (Wildman–Crippen LogP) is 3.26. The Balaban J connectivity index is 2.12. The predicted molar refractivity (Wildman–Crippen MR) is 80.5 cm³/mol. The molecule has 0 amide bonds. The van der Waals surface area contributed by atoms with Gasteiger partial charge in [-0.2, -0.15) is 0 Å². The Hall–Kier alpha value is -1.73. The molecule has 0 aliphatic rings. The number of aromatic nitrogens is 2. The second-order valence-electron chi connectivity index (χ2n) is 5.95. The standard InChI is InChI=1S/C13H19N3O3Si/c1-20(2,3)9-8-19-10-15-12-7-5-4-6-11(12)13(14-15)16(17)18/h4-7H,8-10H2,1-3H3. The zero-order valence-electron chi connectivity index (χ0n) is 12.0. The second-order valence-corrected chi connectivity index (χ2v) is 11.6. The van der Waals surface area contributed by atoms with E-state index in [4.69, 9.17) is 4.74 Å². The van der Waals surface area contributed by atoms with Gasteiger partial charge in [-0.1, -0.05) is 31.8 Å². The zero-order chi connectivity index (χ0) is 14.8. The molecule has 0 atom stereocenters. The van der Waals surface area contributed by atoms with Crippen LogP contribution in [0, 0.1) is 10.1 Å². The van der Waals surface area contributed by atoms with E-state index in [1.807, 2.05) is 12.1 Å². The molecule has 1 aromatic carbocycles. The van der Waals surface area contributed by atoms with Crippen LogP contribution in [-0.4, -0.2) is 29.4 Å². The molecule has 1 heterocycles. The minimum Gasteiger partial charge on any atom is -0.358 e. The number of nitro groups is 1. The number of fused-ring (bicyclic) bond motifs is 1. The number of hydrogen-bond donors (Lipinski definition) is 0. The molecule has 2 rings (SSSR count). The van der Waals surface area contributed by atoms with Crippen molar-refractivity contribution in [2.45, 2.75) is 32.4 Å². The van der Waals surface area contributed by atoms with Crippen LogP contribution in [0.15, 0.2) is 24.3 Å². The molecule has 0 saturated heterocycles. The van der Waals surface area contributed by atoms with Crippen LogP contribution >= 0.6 is 0 Å². The summed E-state index contributed by atoms with van der Waals surface area (Å²) in [6.45, 7) is 7.76. The second kappa shape index (κ2) is 5.72. The third kappa shape index (κ3) is 3.43. The van der Waals surface area contributed by atoms with Crippen molar-refractivity contribution in [1.82, 2.24) is 9.78 Å². The molecule has 0 N–H and O–H groups in total. The molecule has 6 nitrogen and oxygen atoms in total. The molecule has 20 heavy (non-hydrogen) atoms. The lowest BCUT2D eigenvalue weighted by molar-refractivity contribution is -0.388. The van der Waals surface area contributed by atoms with Gasteiger partial charge in [0, 0.05) is 14.7 Å². The van der Waals surface area contributed by atoms with E-state index >= 15 is 0 Å². The van der Waals surface area contributed by atoms with Crippen LogP contribution in [0.4, 0.5) is 5.82 Å². The summed E-state index contributed by atoms with van der Waals surface area (Å²) in [5, 5.41) is 15.6. The van der Waals surface area contributed by atoms with Gasteiger partial charge in [-0.25, -0.2) is 0 Å². The highest BCUT2D eigenvalue weighted by atomic mass is 28.3. The topological polar surface area (TPSA) is 70.2 Å². The average molecular weight is 293 g/mol. The van der Waals surface area contributed by atoms with Gasteiger partial charge < -0.3 is 14.9 Å². The summed E-state index contributed by atoms with van der Waals surface area (Å²) >= 11 is 0. The summed E-state index contributed by atoms with van der Waals surface area (Å²) in [7, 11) is -1.12. The van der Waals surface area contributed by atoms with Gasteiger partial charge in [0.05, 0.1) is 5.10 Å². The number of hydrogen-bond acceptors (Lipinski definition) is 4. The van der Waals surface area contributed by atoms with E-state index in [1.54, 1.807) is 16.8 Å². The minimum absolute atomic E-state index is 0.116. The summed E-state index contributed by atoms with van der Waals surface area (Å²) in [6.07, 6.45) is 0. The largest absolute Gasteiger partial charge is 0.397 e. The van der Waals surface area contributed by atoms with E-state index in [9.17, 15) is 10.1 Å². The third-order valence-corrected chi connectivity index (χ3v) is 4.73. The molecule has 0 radical (unpaired) electrons. The lowest BCUT2D eigenvalue weighted by Gasteiger charge is -2.14. The van der Waals surface area contributed by atoms with Crippen LogP contribution in [0.1, 0.15) is 0 Å². The molecular weight excluding hydrogens is 274 g/mol. The van der Waals surface area contributed by atoms with Crippen molar-refractivity contribution >= 4 is 24.8 Å². The van der Waals surface area contributed by atoms with E-state index in [1.165, 1.54) is 0 Å². The first kappa shape index (κ1) is 14.7. The van der Waals surface area contributed by atoms with Gasteiger partial charge in [-0.3, -0.25) is 0 Å². The molecule has 0 bridgehead atoms. The van der Waals surface area contributed by atoms with Gasteiger partial charge >= 0.3 is 5.82 Å². The van der Waals surface area contributed by atoms with Gasteiger partial charge in [0.15, 0.2) is 6.73 Å². The summed E-state index contributed by atoms with van der Waals surface area (Å²) in [4.78, 5) is 10.5. The summed E-state index contributed by atoms with van der Waals surface area (Å²) < 4.78 is 7.16. The molecule has 7 heteroatoms. The van der Waals surface area contributed by atoms with E-state index in [0.29, 0.717) is 12.0 Å². The first-order chi connectivity index (χ1) is 9.38. The van der Waals surface area contributed by atoms with Crippen LogP contribution in [-0.2, 0) is 11.5 Å². The zero-order valence-corrected chi connectivity index (χ0v) is 13.0. The molecule has 1 aromatic heterocycles. The number of para-hydroxylation sites is 1. The number of benzene rings is 1. The van der Waals surface area contributed by atoms with Gasteiger partial charge in [0.1, 0.15) is 10.9 Å². The van der Waals surface area contributed by atoms with Crippen LogP contribution in [0.2, 0.25) is 25.7 Å². The maximum Gasteiger partial charge on any atom is 0.397 e. The fraction of sp³-hybridized carbons (Fsp3) is 0.462. The van der Waals surface area contributed by atoms with Crippen molar-refractivity contribution in [2.75, 3.05) is 6.61 Å². The Morgan fingerprint density at radius 2 is 2.05 bits per heavy atom. The molecule has 0 spiro atoms. The van der Waals surface area contributed by atoms with Crippen molar-refractivity contribution in [3.63, 3.8) is 0 Å². The fourth-order valence-corrected chi connectivity index (χ4v) is 2.63. The lowest BCUT2D eigenvalue weighted by Crippen LogP contribution is -2.22. The molecule has 0 unspecified atom stereocenters. The van der Waals surface area contributed by atoms with Crippen LogP contribution in [0.5, 0.6) is 0 Å². The van der Waals surface area contributed by atoms with Crippen molar-refractivity contribution in [1.29, 1.82) is 0 Å². The number of ether oxygens (including phenoxy) is 1. The first-order valence-corrected chi connectivity index (χ1v) is 10.3. The molecule has 2 aromatic rings. The maximum absolute atomic E-state index is 11.0. The first-order valence-electron chi connectivity index (χ1n) is 6.56. The minimum atomic E-state index is -1.12. The van der Waals surface area contributed by atoms with Crippen molar-refractivity contribution < 1.29 is 9.66 Å². The molecule has 0 fully saturated rings. The van der Waals surface area contributed by atoms with Crippen LogP contribution in [0.3, 0.4) is 0 Å². The van der Waals surface area contributed by atoms with Crippen LogP contribution < -0.4 is 0 Å². The molecular formula is C13H19N3O3Si. The Labute approximate surface area is 118 Å². The average Bonchev–Trinajstić information content (AvgIpc) is 2.73. The maximum atomic E-state index is 11.0. The normalized spacial score (nSPS) is 11.9. The van der Waals surface area contributed by atoms with E-state index in [0.717, 1.165) is 11.6 Å². The number of rotatable bonds is 6. The van der Waals surface area contributed by atoms with Crippen molar-refractivity contribution in [2.24, 2.45) is 0 Å².